The molecule has 0 saturated carbocycles. The number of benzene rings is 2. The van der Waals surface area contributed by atoms with E-state index in [0.29, 0.717) is 10.8 Å². The summed E-state index contributed by atoms with van der Waals surface area (Å²) in [7, 11) is 0. The highest BCUT2D eigenvalue weighted by molar-refractivity contribution is 6.31. The highest BCUT2D eigenvalue weighted by Gasteiger charge is 2.16. The zero-order valence-electron chi connectivity index (χ0n) is 11.8. The number of phenolic OH excluding ortho intramolecular Hbond substituents is 1. The second-order valence-corrected chi connectivity index (χ2v) is 5.16. The lowest BCUT2D eigenvalue weighted by atomic mass is 10.2. The van der Waals surface area contributed by atoms with Gasteiger partial charge in [0, 0.05) is 5.02 Å². The molecule has 1 amide bonds. The van der Waals surface area contributed by atoms with Gasteiger partial charge in [0.05, 0.1) is 5.69 Å². The van der Waals surface area contributed by atoms with Crippen molar-refractivity contribution in [3.8, 4) is 11.5 Å². The largest absolute Gasteiger partial charge is 0.506 e. The minimum Gasteiger partial charge on any atom is -0.506 e. The van der Waals surface area contributed by atoms with Crippen LogP contribution in [0.1, 0.15) is 12.5 Å². The van der Waals surface area contributed by atoms with Gasteiger partial charge in [-0.25, -0.2) is 0 Å². The molecule has 21 heavy (non-hydrogen) atoms. The Hall–Kier alpha value is -2.20. The van der Waals surface area contributed by atoms with Crippen molar-refractivity contribution in [1.82, 2.24) is 0 Å². The molecule has 110 valence electrons. The first-order valence-electron chi connectivity index (χ1n) is 6.48. The lowest BCUT2D eigenvalue weighted by Crippen LogP contribution is -2.30. The lowest BCUT2D eigenvalue weighted by Gasteiger charge is -2.15. The van der Waals surface area contributed by atoms with E-state index in [1.54, 1.807) is 19.1 Å². The molecule has 0 radical (unpaired) electrons. The Kier molecular flexibility index (Phi) is 4.70. The van der Waals surface area contributed by atoms with Crippen molar-refractivity contribution in [2.24, 2.45) is 0 Å². The molecule has 4 nitrogen and oxygen atoms in total. The Balaban J connectivity index is 2.04. The van der Waals surface area contributed by atoms with Crippen LogP contribution in [0.3, 0.4) is 0 Å². The third-order valence-corrected chi connectivity index (χ3v) is 3.12. The van der Waals surface area contributed by atoms with E-state index in [2.05, 4.69) is 5.32 Å². The normalized spacial score (nSPS) is 11.8. The maximum Gasteiger partial charge on any atom is 0.265 e. The van der Waals surface area contributed by atoms with E-state index < -0.39 is 6.10 Å². The molecule has 0 bridgehead atoms. The number of anilines is 1. The summed E-state index contributed by atoms with van der Waals surface area (Å²) in [6.07, 6.45) is -0.704. The predicted molar refractivity (Wildman–Crippen MR) is 83.0 cm³/mol. The monoisotopic (exact) mass is 305 g/mol. The molecule has 1 unspecified atom stereocenters. The summed E-state index contributed by atoms with van der Waals surface area (Å²) in [5, 5.41) is 12.7. The van der Waals surface area contributed by atoms with Gasteiger partial charge in [0.15, 0.2) is 6.10 Å². The van der Waals surface area contributed by atoms with Gasteiger partial charge in [-0.15, -0.1) is 0 Å². The minimum atomic E-state index is -0.704. The minimum absolute atomic E-state index is 0.0458. The first-order chi connectivity index (χ1) is 9.95. The van der Waals surface area contributed by atoms with Crippen LogP contribution >= 0.6 is 11.6 Å². The number of aromatic hydroxyl groups is 1. The number of aryl methyl sites for hydroxylation is 1. The second-order valence-electron chi connectivity index (χ2n) is 4.73. The molecule has 0 aliphatic rings. The number of ether oxygens (including phenoxy) is 1. The van der Waals surface area contributed by atoms with Gasteiger partial charge in [-0.1, -0.05) is 23.7 Å². The van der Waals surface area contributed by atoms with Crippen LogP contribution in [0.2, 0.25) is 5.02 Å². The maximum absolute atomic E-state index is 12.1. The number of phenols is 1. The van der Waals surface area contributed by atoms with E-state index in [-0.39, 0.29) is 17.3 Å². The fourth-order valence-electron chi connectivity index (χ4n) is 1.79. The molecule has 0 spiro atoms. The number of amides is 1. The molecule has 0 aliphatic carbocycles. The molecule has 0 aromatic heterocycles. The standard InChI is InChI=1S/C16H16ClNO3/c1-10-4-3-5-13(8-10)21-11(2)16(20)18-14-9-12(17)6-7-15(14)19/h3-9,11,19H,1-2H3,(H,18,20). The van der Waals surface area contributed by atoms with Crippen molar-refractivity contribution in [1.29, 1.82) is 0 Å². The quantitative estimate of drug-likeness (QED) is 0.846. The topological polar surface area (TPSA) is 58.6 Å². The van der Waals surface area contributed by atoms with Gasteiger partial charge < -0.3 is 15.2 Å². The Morgan fingerprint density at radius 1 is 1.29 bits per heavy atom. The van der Waals surface area contributed by atoms with Crippen molar-refractivity contribution in [2.45, 2.75) is 20.0 Å². The van der Waals surface area contributed by atoms with Crippen molar-refractivity contribution in [2.75, 3.05) is 5.32 Å². The Labute approximate surface area is 128 Å². The van der Waals surface area contributed by atoms with Crippen LogP contribution in [0.25, 0.3) is 0 Å². The molecule has 5 heteroatoms. The predicted octanol–water partition coefficient (Wildman–Crippen LogP) is 3.76. The Bertz CT molecular complexity index is 658. The van der Waals surface area contributed by atoms with Crippen LogP contribution in [0.15, 0.2) is 42.5 Å². The Morgan fingerprint density at radius 3 is 2.76 bits per heavy atom. The summed E-state index contributed by atoms with van der Waals surface area (Å²) >= 11 is 5.83. The maximum atomic E-state index is 12.1. The number of hydrogen-bond donors (Lipinski definition) is 2. The molecule has 2 N–H and O–H groups in total. The van der Waals surface area contributed by atoms with E-state index >= 15 is 0 Å². The molecule has 0 heterocycles. The molecule has 0 aliphatic heterocycles. The average molecular weight is 306 g/mol. The third kappa shape index (κ3) is 4.13. The van der Waals surface area contributed by atoms with Crippen LogP contribution < -0.4 is 10.1 Å². The van der Waals surface area contributed by atoms with E-state index in [9.17, 15) is 9.90 Å². The SMILES string of the molecule is Cc1cccc(OC(C)C(=O)Nc2cc(Cl)ccc2O)c1. The second kappa shape index (κ2) is 6.50. The van der Waals surface area contributed by atoms with Gasteiger partial charge in [0.25, 0.3) is 5.91 Å². The summed E-state index contributed by atoms with van der Waals surface area (Å²) in [6.45, 7) is 3.58. The van der Waals surface area contributed by atoms with Gasteiger partial charge >= 0.3 is 0 Å². The fraction of sp³-hybridized carbons (Fsp3) is 0.188. The van der Waals surface area contributed by atoms with Crippen LogP contribution in [0.4, 0.5) is 5.69 Å². The number of halogens is 1. The summed E-state index contributed by atoms with van der Waals surface area (Å²) in [5.74, 6) is 0.206. The molecule has 2 rings (SSSR count). The van der Waals surface area contributed by atoms with Crippen LogP contribution in [0, 0.1) is 6.92 Å². The molecule has 2 aromatic carbocycles. The smallest absolute Gasteiger partial charge is 0.265 e. The molecular weight excluding hydrogens is 290 g/mol. The molecular formula is C16H16ClNO3. The first-order valence-corrected chi connectivity index (χ1v) is 6.86. The summed E-state index contributed by atoms with van der Waals surface area (Å²) in [4.78, 5) is 12.1. The molecule has 0 saturated heterocycles. The number of hydrogen-bond acceptors (Lipinski definition) is 3. The fourth-order valence-corrected chi connectivity index (χ4v) is 1.96. The molecule has 1 atom stereocenters. The number of rotatable bonds is 4. The van der Waals surface area contributed by atoms with Gasteiger partial charge in [-0.2, -0.15) is 0 Å². The van der Waals surface area contributed by atoms with Crippen molar-refractivity contribution >= 4 is 23.2 Å². The molecule has 0 fully saturated rings. The first kappa shape index (κ1) is 15.2. The number of carbonyl (C=O) groups is 1. The zero-order valence-corrected chi connectivity index (χ0v) is 12.5. The van der Waals surface area contributed by atoms with Crippen molar-refractivity contribution in [3.05, 3.63) is 53.1 Å². The third-order valence-electron chi connectivity index (χ3n) is 2.89. The molecule has 2 aromatic rings. The van der Waals surface area contributed by atoms with Gasteiger partial charge in [-0.05, 0) is 49.7 Å². The highest BCUT2D eigenvalue weighted by Crippen LogP contribution is 2.26. The lowest BCUT2D eigenvalue weighted by molar-refractivity contribution is -0.122. The summed E-state index contributed by atoms with van der Waals surface area (Å²) in [5.41, 5.74) is 1.31. The van der Waals surface area contributed by atoms with Crippen LogP contribution in [-0.2, 0) is 4.79 Å². The van der Waals surface area contributed by atoms with Crippen molar-refractivity contribution < 1.29 is 14.6 Å². The number of nitrogens with one attached hydrogen (secondary N) is 1. The van der Waals surface area contributed by atoms with E-state index in [4.69, 9.17) is 16.3 Å². The Morgan fingerprint density at radius 2 is 2.05 bits per heavy atom. The summed E-state index contributed by atoms with van der Waals surface area (Å²) < 4.78 is 5.57. The van der Waals surface area contributed by atoms with E-state index in [1.807, 2.05) is 25.1 Å². The van der Waals surface area contributed by atoms with Crippen LogP contribution in [0.5, 0.6) is 11.5 Å². The average Bonchev–Trinajstić information content (AvgIpc) is 2.43. The van der Waals surface area contributed by atoms with Crippen molar-refractivity contribution in [3.63, 3.8) is 0 Å². The van der Waals surface area contributed by atoms with Crippen LogP contribution in [-0.4, -0.2) is 17.1 Å². The van der Waals surface area contributed by atoms with Gasteiger partial charge in [0.1, 0.15) is 11.5 Å². The van der Waals surface area contributed by atoms with E-state index in [1.165, 1.54) is 12.1 Å². The zero-order chi connectivity index (χ0) is 15.4. The van der Waals surface area contributed by atoms with Gasteiger partial charge in [0.2, 0.25) is 0 Å². The summed E-state index contributed by atoms with van der Waals surface area (Å²) in [6, 6.07) is 11.9. The van der Waals surface area contributed by atoms with E-state index in [0.717, 1.165) is 5.56 Å². The highest BCUT2D eigenvalue weighted by atomic mass is 35.5. The van der Waals surface area contributed by atoms with Gasteiger partial charge in [-0.3, -0.25) is 4.79 Å². The number of carbonyl (C=O) groups excluding carboxylic acids is 1.